The van der Waals surface area contributed by atoms with Crippen molar-refractivity contribution in [3.05, 3.63) is 12.2 Å². The average molecular weight is 198 g/mol. The third-order valence-corrected chi connectivity index (χ3v) is 2.30. The van der Waals surface area contributed by atoms with Gasteiger partial charge >= 0.3 is 0 Å². The molecular formula is C13H26O. The second-order valence-electron chi connectivity index (χ2n) is 4.31. The Morgan fingerprint density at radius 3 is 2.07 bits per heavy atom. The van der Waals surface area contributed by atoms with Crippen LogP contribution in [0.5, 0.6) is 0 Å². The molecule has 0 saturated carbocycles. The van der Waals surface area contributed by atoms with Gasteiger partial charge in [0, 0.05) is 6.61 Å². The van der Waals surface area contributed by atoms with Crippen LogP contribution in [-0.4, -0.2) is 11.7 Å². The largest absolute Gasteiger partial charge is 0.396 e. The van der Waals surface area contributed by atoms with Crippen molar-refractivity contribution in [1.29, 1.82) is 0 Å². The Morgan fingerprint density at radius 1 is 0.929 bits per heavy atom. The van der Waals surface area contributed by atoms with E-state index in [1.807, 2.05) is 0 Å². The van der Waals surface area contributed by atoms with E-state index in [9.17, 15) is 0 Å². The summed E-state index contributed by atoms with van der Waals surface area (Å²) in [6.45, 7) is 4.79. The second kappa shape index (κ2) is 10.8. The number of aliphatic hydroxyl groups excluding tert-OH is 1. The molecule has 0 bridgehead atoms. The van der Waals surface area contributed by atoms with E-state index in [0.717, 1.165) is 6.42 Å². The summed E-state index contributed by atoms with van der Waals surface area (Å²) in [6, 6.07) is 0. The van der Waals surface area contributed by atoms with Gasteiger partial charge in [-0.05, 0) is 25.2 Å². The molecule has 0 radical (unpaired) electrons. The molecule has 0 aliphatic carbocycles. The zero-order valence-electron chi connectivity index (χ0n) is 9.84. The van der Waals surface area contributed by atoms with Crippen LogP contribution in [-0.2, 0) is 0 Å². The highest BCUT2D eigenvalue weighted by molar-refractivity contribution is 4.83. The lowest BCUT2D eigenvalue weighted by Crippen LogP contribution is -1.83. The first-order valence-corrected chi connectivity index (χ1v) is 6.05. The summed E-state index contributed by atoms with van der Waals surface area (Å²) in [6.07, 6.45) is 13.3. The summed E-state index contributed by atoms with van der Waals surface area (Å²) in [5, 5.41) is 8.58. The number of aliphatic hydroxyl groups is 1. The SMILES string of the molecule is CC(C)/C=C\CCCCCCCCO. The normalized spacial score (nSPS) is 11.7. The minimum Gasteiger partial charge on any atom is -0.396 e. The minimum absolute atomic E-state index is 0.358. The van der Waals surface area contributed by atoms with Gasteiger partial charge in [-0.2, -0.15) is 0 Å². The van der Waals surface area contributed by atoms with Gasteiger partial charge in [0.2, 0.25) is 0 Å². The quantitative estimate of drug-likeness (QED) is 0.440. The fourth-order valence-electron chi connectivity index (χ4n) is 1.45. The van der Waals surface area contributed by atoms with Gasteiger partial charge in [0.05, 0.1) is 0 Å². The lowest BCUT2D eigenvalue weighted by molar-refractivity contribution is 0.282. The van der Waals surface area contributed by atoms with E-state index in [1.165, 1.54) is 38.5 Å². The van der Waals surface area contributed by atoms with Crippen LogP contribution in [0.4, 0.5) is 0 Å². The maximum absolute atomic E-state index is 8.58. The maximum atomic E-state index is 8.58. The van der Waals surface area contributed by atoms with E-state index < -0.39 is 0 Å². The molecule has 14 heavy (non-hydrogen) atoms. The van der Waals surface area contributed by atoms with Gasteiger partial charge in [-0.15, -0.1) is 0 Å². The van der Waals surface area contributed by atoms with Gasteiger partial charge in [-0.1, -0.05) is 51.7 Å². The molecule has 0 fully saturated rings. The molecule has 0 heterocycles. The van der Waals surface area contributed by atoms with E-state index >= 15 is 0 Å². The number of rotatable bonds is 9. The van der Waals surface area contributed by atoms with Gasteiger partial charge in [-0.3, -0.25) is 0 Å². The molecule has 0 aromatic rings. The summed E-state index contributed by atoms with van der Waals surface area (Å²) in [7, 11) is 0. The molecule has 0 aromatic heterocycles. The number of allylic oxidation sites excluding steroid dienone is 2. The molecule has 84 valence electrons. The molecule has 0 aromatic carbocycles. The van der Waals surface area contributed by atoms with Crippen molar-refractivity contribution in [2.45, 2.75) is 58.8 Å². The van der Waals surface area contributed by atoms with E-state index in [0.29, 0.717) is 12.5 Å². The van der Waals surface area contributed by atoms with Gasteiger partial charge in [0.25, 0.3) is 0 Å². The summed E-state index contributed by atoms with van der Waals surface area (Å²) < 4.78 is 0. The molecule has 0 aliphatic heterocycles. The Labute approximate surface area is 89.2 Å². The van der Waals surface area contributed by atoms with E-state index in [2.05, 4.69) is 26.0 Å². The van der Waals surface area contributed by atoms with Crippen LogP contribution in [0.25, 0.3) is 0 Å². The summed E-state index contributed by atoms with van der Waals surface area (Å²) in [5.41, 5.74) is 0. The van der Waals surface area contributed by atoms with Gasteiger partial charge < -0.3 is 5.11 Å². The maximum Gasteiger partial charge on any atom is 0.0431 e. The third-order valence-electron chi connectivity index (χ3n) is 2.30. The zero-order chi connectivity index (χ0) is 10.6. The van der Waals surface area contributed by atoms with E-state index in [1.54, 1.807) is 0 Å². The highest BCUT2D eigenvalue weighted by Crippen LogP contribution is 2.07. The van der Waals surface area contributed by atoms with Crippen LogP contribution in [0, 0.1) is 5.92 Å². The van der Waals surface area contributed by atoms with Crippen LogP contribution in [0.2, 0.25) is 0 Å². The van der Waals surface area contributed by atoms with Gasteiger partial charge in [0.15, 0.2) is 0 Å². The molecule has 0 unspecified atom stereocenters. The molecule has 0 atom stereocenters. The molecule has 0 aliphatic rings. The van der Waals surface area contributed by atoms with Crippen LogP contribution in [0.1, 0.15) is 58.8 Å². The average Bonchev–Trinajstić information content (AvgIpc) is 2.15. The second-order valence-corrected chi connectivity index (χ2v) is 4.31. The van der Waals surface area contributed by atoms with Crippen LogP contribution in [0.15, 0.2) is 12.2 Å². The topological polar surface area (TPSA) is 20.2 Å². The highest BCUT2D eigenvalue weighted by atomic mass is 16.2. The van der Waals surface area contributed by atoms with Crippen molar-refractivity contribution in [3.63, 3.8) is 0 Å². The van der Waals surface area contributed by atoms with E-state index in [4.69, 9.17) is 5.11 Å². The molecular weight excluding hydrogens is 172 g/mol. The lowest BCUT2D eigenvalue weighted by Gasteiger charge is -1.99. The monoisotopic (exact) mass is 198 g/mol. The Bertz CT molecular complexity index is 127. The van der Waals surface area contributed by atoms with Crippen LogP contribution in [0.3, 0.4) is 0 Å². The first-order chi connectivity index (χ1) is 6.77. The fraction of sp³-hybridized carbons (Fsp3) is 0.846. The van der Waals surface area contributed by atoms with Crippen LogP contribution >= 0.6 is 0 Å². The number of hydrogen-bond donors (Lipinski definition) is 1. The first-order valence-electron chi connectivity index (χ1n) is 6.05. The molecule has 1 nitrogen and oxygen atoms in total. The predicted octanol–water partition coefficient (Wildman–Crippen LogP) is 3.92. The summed E-state index contributed by atoms with van der Waals surface area (Å²) in [4.78, 5) is 0. The van der Waals surface area contributed by atoms with Crippen molar-refractivity contribution in [2.75, 3.05) is 6.61 Å². The fourth-order valence-corrected chi connectivity index (χ4v) is 1.45. The number of hydrogen-bond acceptors (Lipinski definition) is 1. The lowest BCUT2D eigenvalue weighted by atomic mass is 10.1. The van der Waals surface area contributed by atoms with Crippen molar-refractivity contribution in [3.8, 4) is 0 Å². The summed E-state index contributed by atoms with van der Waals surface area (Å²) >= 11 is 0. The van der Waals surface area contributed by atoms with Crippen molar-refractivity contribution in [1.82, 2.24) is 0 Å². The zero-order valence-corrected chi connectivity index (χ0v) is 9.84. The van der Waals surface area contributed by atoms with Crippen molar-refractivity contribution >= 4 is 0 Å². The third kappa shape index (κ3) is 11.7. The smallest absolute Gasteiger partial charge is 0.0431 e. The van der Waals surface area contributed by atoms with Gasteiger partial charge in [-0.25, -0.2) is 0 Å². The van der Waals surface area contributed by atoms with Crippen molar-refractivity contribution < 1.29 is 5.11 Å². The molecule has 0 rings (SSSR count). The Hall–Kier alpha value is -0.300. The first kappa shape index (κ1) is 13.7. The molecule has 1 heteroatoms. The number of unbranched alkanes of at least 4 members (excludes halogenated alkanes) is 6. The molecule has 1 N–H and O–H groups in total. The molecule has 0 amide bonds. The Morgan fingerprint density at radius 2 is 1.50 bits per heavy atom. The Balaban J connectivity index is 2.99. The van der Waals surface area contributed by atoms with Gasteiger partial charge in [0.1, 0.15) is 0 Å². The standard InChI is InChI=1S/C13H26O/c1-13(2)11-9-7-5-3-4-6-8-10-12-14/h9,11,13-14H,3-8,10,12H2,1-2H3/b11-9-. The molecule has 0 spiro atoms. The minimum atomic E-state index is 0.358. The highest BCUT2D eigenvalue weighted by Gasteiger charge is 1.89. The summed E-state index contributed by atoms with van der Waals surface area (Å²) in [5.74, 6) is 0.694. The van der Waals surface area contributed by atoms with E-state index in [-0.39, 0.29) is 0 Å². The predicted molar refractivity (Wildman–Crippen MR) is 63.4 cm³/mol. The van der Waals surface area contributed by atoms with Crippen LogP contribution < -0.4 is 0 Å². The van der Waals surface area contributed by atoms with Crippen molar-refractivity contribution in [2.24, 2.45) is 5.92 Å². The molecule has 0 saturated heterocycles. The Kier molecular flexibility index (Phi) is 10.5.